The van der Waals surface area contributed by atoms with Crippen LogP contribution in [0.5, 0.6) is 0 Å². The summed E-state index contributed by atoms with van der Waals surface area (Å²) < 4.78 is 5.22. The Morgan fingerprint density at radius 1 is 1.33 bits per heavy atom. The normalized spacial score (nSPS) is 28.6. The maximum atomic E-state index is 12.2. The van der Waals surface area contributed by atoms with Crippen molar-refractivity contribution in [1.82, 2.24) is 5.32 Å². The van der Waals surface area contributed by atoms with Crippen molar-refractivity contribution in [3.63, 3.8) is 0 Å². The summed E-state index contributed by atoms with van der Waals surface area (Å²) in [5, 5.41) is 3.06. The Kier molecular flexibility index (Phi) is 2.81. The molecule has 1 heterocycles. The minimum atomic E-state index is -0.157. The number of amides is 1. The topological polar surface area (TPSA) is 68.3 Å². The predicted octanol–water partition coefficient (Wildman–Crippen LogP) is 2.08. The molecule has 0 saturated heterocycles. The van der Waals surface area contributed by atoms with E-state index in [1.54, 1.807) is 6.07 Å². The first-order valence-electron chi connectivity index (χ1n) is 6.29. The molecule has 4 nitrogen and oxygen atoms in total. The highest BCUT2D eigenvalue weighted by Gasteiger charge is 2.60. The van der Waals surface area contributed by atoms with Crippen LogP contribution in [-0.4, -0.2) is 18.0 Å². The second-order valence-electron chi connectivity index (χ2n) is 6.46. The van der Waals surface area contributed by atoms with E-state index in [4.69, 9.17) is 10.2 Å². The lowest BCUT2D eigenvalue weighted by Crippen LogP contribution is -2.76. The first kappa shape index (κ1) is 13.1. The first-order valence-corrected chi connectivity index (χ1v) is 6.29. The van der Waals surface area contributed by atoms with Gasteiger partial charge in [-0.2, -0.15) is 0 Å². The average Bonchev–Trinajstić information content (AvgIpc) is 2.70. The molecule has 4 heteroatoms. The van der Waals surface area contributed by atoms with Crippen LogP contribution < -0.4 is 11.1 Å². The minimum Gasteiger partial charge on any atom is -0.459 e. The smallest absolute Gasteiger partial charge is 0.287 e. The van der Waals surface area contributed by atoms with Gasteiger partial charge in [-0.15, -0.1) is 0 Å². The van der Waals surface area contributed by atoms with Gasteiger partial charge in [0, 0.05) is 28.5 Å². The second kappa shape index (κ2) is 3.85. The summed E-state index contributed by atoms with van der Waals surface area (Å²) in [6.45, 7) is 10.2. The van der Waals surface area contributed by atoms with Crippen molar-refractivity contribution in [2.24, 2.45) is 16.6 Å². The highest BCUT2D eigenvalue weighted by molar-refractivity contribution is 5.93. The molecule has 100 valence electrons. The van der Waals surface area contributed by atoms with Gasteiger partial charge >= 0.3 is 0 Å². The number of rotatable bonds is 2. The molecule has 3 N–H and O–H groups in total. The van der Waals surface area contributed by atoms with Gasteiger partial charge in [0.2, 0.25) is 0 Å². The van der Waals surface area contributed by atoms with E-state index in [9.17, 15) is 4.79 Å². The summed E-state index contributed by atoms with van der Waals surface area (Å²) in [6.07, 6.45) is 1.53. The predicted molar refractivity (Wildman–Crippen MR) is 70.2 cm³/mol. The van der Waals surface area contributed by atoms with Crippen molar-refractivity contribution in [3.8, 4) is 0 Å². The minimum absolute atomic E-state index is 0.0528. The molecule has 1 aromatic heterocycles. The third kappa shape index (κ3) is 1.67. The lowest BCUT2D eigenvalue weighted by atomic mass is 9.48. The van der Waals surface area contributed by atoms with Crippen molar-refractivity contribution < 1.29 is 9.21 Å². The van der Waals surface area contributed by atoms with E-state index in [0.717, 1.165) is 5.56 Å². The monoisotopic (exact) mass is 250 g/mol. The van der Waals surface area contributed by atoms with Gasteiger partial charge in [0.15, 0.2) is 5.76 Å². The zero-order valence-electron chi connectivity index (χ0n) is 11.7. The molecule has 18 heavy (non-hydrogen) atoms. The van der Waals surface area contributed by atoms with Crippen LogP contribution in [0.3, 0.4) is 0 Å². The van der Waals surface area contributed by atoms with Gasteiger partial charge in [-0.1, -0.05) is 27.7 Å². The van der Waals surface area contributed by atoms with Crippen LogP contribution in [-0.2, 0) is 0 Å². The van der Waals surface area contributed by atoms with Crippen LogP contribution in [0.2, 0.25) is 0 Å². The van der Waals surface area contributed by atoms with Gasteiger partial charge in [-0.05, 0) is 13.0 Å². The Hall–Kier alpha value is -1.29. The van der Waals surface area contributed by atoms with Gasteiger partial charge < -0.3 is 15.5 Å². The van der Waals surface area contributed by atoms with E-state index in [-0.39, 0.29) is 28.8 Å². The molecule has 1 amide bonds. The Morgan fingerprint density at radius 3 is 2.33 bits per heavy atom. The molecule has 1 aliphatic rings. The summed E-state index contributed by atoms with van der Waals surface area (Å²) >= 11 is 0. The van der Waals surface area contributed by atoms with E-state index < -0.39 is 0 Å². The fourth-order valence-corrected chi connectivity index (χ4v) is 3.35. The van der Waals surface area contributed by atoms with Crippen molar-refractivity contribution in [1.29, 1.82) is 0 Å². The molecule has 1 aliphatic carbocycles. The van der Waals surface area contributed by atoms with E-state index in [2.05, 4.69) is 33.0 Å². The average molecular weight is 250 g/mol. The van der Waals surface area contributed by atoms with Crippen LogP contribution in [0.15, 0.2) is 16.7 Å². The zero-order valence-corrected chi connectivity index (χ0v) is 11.7. The number of furan rings is 1. The maximum absolute atomic E-state index is 12.2. The molecule has 0 atom stereocenters. The van der Waals surface area contributed by atoms with E-state index in [1.165, 1.54) is 6.26 Å². The van der Waals surface area contributed by atoms with Gasteiger partial charge in [0.25, 0.3) is 5.91 Å². The van der Waals surface area contributed by atoms with Crippen LogP contribution in [0.25, 0.3) is 0 Å². The van der Waals surface area contributed by atoms with Crippen LogP contribution >= 0.6 is 0 Å². The molecular formula is C14H22N2O2. The van der Waals surface area contributed by atoms with Crippen molar-refractivity contribution in [2.45, 2.75) is 46.7 Å². The summed E-state index contributed by atoms with van der Waals surface area (Å²) in [7, 11) is 0. The number of hydrogen-bond donors (Lipinski definition) is 2. The number of aryl methyl sites for hydroxylation is 1. The van der Waals surface area contributed by atoms with Gasteiger partial charge in [-0.25, -0.2) is 0 Å². The summed E-state index contributed by atoms with van der Waals surface area (Å²) in [5.41, 5.74) is 6.83. The number of hydrogen-bond acceptors (Lipinski definition) is 3. The Morgan fingerprint density at radius 2 is 1.89 bits per heavy atom. The van der Waals surface area contributed by atoms with Crippen molar-refractivity contribution >= 4 is 5.91 Å². The van der Waals surface area contributed by atoms with Crippen LogP contribution in [0.4, 0.5) is 0 Å². The molecular weight excluding hydrogens is 228 g/mol. The third-order valence-electron chi connectivity index (χ3n) is 4.43. The summed E-state index contributed by atoms with van der Waals surface area (Å²) in [5.74, 6) is 0.234. The third-order valence-corrected chi connectivity index (χ3v) is 4.43. The SMILES string of the molecule is Cc1ccoc1C(=O)NC1C(C)(C)C(N)C1(C)C. The number of nitrogens with one attached hydrogen (secondary N) is 1. The van der Waals surface area contributed by atoms with Crippen molar-refractivity contribution in [2.75, 3.05) is 0 Å². The zero-order chi connectivity index (χ0) is 13.7. The Labute approximate surface area is 108 Å². The lowest BCUT2D eigenvalue weighted by Gasteiger charge is -2.62. The quantitative estimate of drug-likeness (QED) is 0.844. The number of nitrogens with two attached hydrogens (primary N) is 1. The first-order chi connectivity index (χ1) is 8.19. The van der Waals surface area contributed by atoms with Crippen LogP contribution in [0.1, 0.15) is 43.8 Å². The molecule has 0 radical (unpaired) electrons. The Balaban J connectivity index is 2.16. The number of carbonyl (C=O) groups is 1. The molecule has 0 spiro atoms. The van der Waals surface area contributed by atoms with Crippen LogP contribution in [0, 0.1) is 17.8 Å². The van der Waals surface area contributed by atoms with E-state index >= 15 is 0 Å². The Bertz CT molecular complexity index is 458. The maximum Gasteiger partial charge on any atom is 0.287 e. The highest BCUT2D eigenvalue weighted by Crippen LogP contribution is 2.52. The van der Waals surface area contributed by atoms with Gasteiger partial charge in [0.05, 0.1) is 6.26 Å². The molecule has 1 fully saturated rings. The fraction of sp³-hybridized carbons (Fsp3) is 0.643. The molecule has 0 unspecified atom stereocenters. The van der Waals surface area contributed by atoms with Crippen molar-refractivity contribution in [3.05, 3.63) is 23.7 Å². The lowest BCUT2D eigenvalue weighted by molar-refractivity contribution is -0.0666. The largest absolute Gasteiger partial charge is 0.459 e. The molecule has 1 aromatic rings. The van der Waals surface area contributed by atoms with E-state index in [0.29, 0.717) is 5.76 Å². The second-order valence-corrected chi connectivity index (χ2v) is 6.46. The molecule has 0 aliphatic heterocycles. The standard InChI is InChI=1S/C14H22N2O2/c1-8-6-7-18-9(8)10(17)16-12-13(2,3)11(15)14(12,4)5/h6-7,11-12H,15H2,1-5H3,(H,16,17). The van der Waals surface area contributed by atoms with E-state index in [1.807, 2.05) is 6.92 Å². The molecule has 2 rings (SSSR count). The fourth-order valence-electron chi connectivity index (χ4n) is 3.35. The summed E-state index contributed by atoms with van der Waals surface area (Å²) in [4.78, 5) is 12.2. The molecule has 0 bridgehead atoms. The van der Waals surface area contributed by atoms with Gasteiger partial charge in [0.1, 0.15) is 0 Å². The van der Waals surface area contributed by atoms with Gasteiger partial charge in [-0.3, -0.25) is 4.79 Å². The number of carbonyl (C=O) groups excluding carboxylic acids is 1. The summed E-state index contributed by atoms with van der Waals surface area (Å²) in [6, 6.07) is 1.92. The molecule has 0 aromatic carbocycles. The molecule has 1 saturated carbocycles. The highest BCUT2D eigenvalue weighted by atomic mass is 16.3.